The zero-order valence-corrected chi connectivity index (χ0v) is 45.8. The predicted molar refractivity (Wildman–Crippen MR) is 311 cm³/mol. The molecule has 2 saturated heterocycles. The summed E-state index contributed by atoms with van der Waals surface area (Å²) in [7, 11) is 4.72. The van der Waals surface area contributed by atoms with Crippen LogP contribution in [0, 0.1) is 5.41 Å². The standard InChI is InChI=1S/C64H58N6O8S2/c1-69(2)61(74)76-40-22-39-62(59(73)77-41-45-35-37-52(75-3)38-36-45)43-70-57(72)55(58(70)80-44-62)66-56(71)54(68-78-64(49-29-16-7-17-30-49,50-31-18-8-19-32-50)51-33-20-9-21-34-51)53-42-79-60(65-53)67-63(46-23-10-4-11-24-46,47-25-12-5-13-26-47)48-27-14-6-15-28-48/h4-39,42,55,58H,40-41,43-44H2,1-3H3,(H,65,67)(H,66,71)/t55?,58-,62?/m1/s1. The minimum absolute atomic E-state index is 0.0291. The maximum Gasteiger partial charge on any atom is 0.409 e. The first-order valence-corrected chi connectivity index (χ1v) is 27.9. The Morgan fingerprint density at radius 2 is 1.21 bits per heavy atom. The SMILES string of the molecule is COc1ccc(COC(=O)C2(C=CCOC(=O)N(C)C)CS[C@@H]3C(NC(=O)C(=NOC(c4ccccc4)(c4ccccc4)c4ccccc4)c4csc(NC(c5ccccc5)(c5ccccc5)c5ccccc5)n4)C(=O)N3C2)cc1. The molecule has 0 aliphatic carbocycles. The first-order chi connectivity index (χ1) is 39.0. The van der Waals surface area contributed by atoms with Crippen LogP contribution in [0.15, 0.2) is 229 Å². The summed E-state index contributed by atoms with van der Waals surface area (Å²) in [4.78, 5) is 71.4. The molecule has 404 valence electrons. The molecule has 2 fully saturated rings. The van der Waals surface area contributed by atoms with Crippen molar-refractivity contribution in [2.45, 2.75) is 29.2 Å². The molecule has 3 heterocycles. The summed E-state index contributed by atoms with van der Waals surface area (Å²) in [5.41, 5.74) is 2.24. The average Bonchev–Trinajstić information content (AvgIpc) is 4.01. The molecule has 2 unspecified atom stereocenters. The molecule has 2 aliphatic heterocycles. The molecule has 16 heteroatoms. The van der Waals surface area contributed by atoms with Crippen molar-refractivity contribution in [3.63, 3.8) is 0 Å². The van der Waals surface area contributed by atoms with Gasteiger partial charge in [-0.05, 0) is 40.5 Å². The molecule has 14 nitrogen and oxygen atoms in total. The molecule has 3 atom stereocenters. The highest BCUT2D eigenvalue weighted by Crippen LogP contribution is 2.45. The molecule has 3 amide bonds. The van der Waals surface area contributed by atoms with Crippen molar-refractivity contribution in [3.05, 3.63) is 268 Å². The predicted octanol–water partition coefficient (Wildman–Crippen LogP) is 10.7. The van der Waals surface area contributed by atoms with Gasteiger partial charge >= 0.3 is 12.1 Å². The van der Waals surface area contributed by atoms with Crippen molar-refractivity contribution in [3.8, 4) is 5.75 Å². The Bertz CT molecular complexity index is 3270. The maximum absolute atomic E-state index is 15.3. The number of hydrogen-bond acceptors (Lipinski definition) is 13. The number of nitrogens with one attached hydrogen (secondary N) is 2. The number of fused-ring (bicyclic) bond motifs is 1. The van der Waals surface area contributed by atoms with Gasteiger partial charge < -0.3 is 39.5 Å². The van der Waals surface area contributed by atoms with Crippen LogP contribution in [-0.4, -0.2) is 95.9 Å². The molecular formula is C64H58N6O8S2. The van der Waals surface area contributed by atoms with Crippen molar-refractivity contribution in [2.24, 2.45) is 10.6 Å². The monoisotopic (exact) mass is 1100 g/mol. The third kappa shape index (κ3) is 11.2. The molecular weight excluding hydrogens is 1040 g/mol. The highest BCUT2D eigenvalue weighted by atomic mass is 32.2. The number of carbonyl (C=O) groups excluding carboxylic acids is 4. The summed E-state index contributed by atoms with van der Waals surface area (Å²) in [5.74, 6) is -0.850. The Morgan fingerprint density at radius 1 is 0.713 bits per heavy atom. The number of nitrogens with zero attached hydrogens (tertiary/aromatic N) is 4. The number of carbonyl (C=O) groups is 4. The molecule has 10 rings (SSSR count). The summed E-state index contributed by atoms with van der Waals surface area (Å²) in [5, 5.41) is 13.4. The van der Waals surface area contributed by atoms with Crippen LogP contribution in [-0.2, 0) is 46.4 Å². The van der Waals surface area contributed by atoms with Crippen molar-refractivity contribution >= 4 is 57.8 Å². The van der Waals surface area contributed by atoms with Gasteiger partial charge in [0, 0.05) is 48.5 Å². The van der Waals surface area contributed by atoms with Gasteiger partial charge in [0.15, 0.2) is 10.8 Å². The topological polar surface area (TPSA) is 161 Å². The number of methoxy groups -OCH3 is 1. The lowest BCUT2D eigenvalue weighted by Gasteiger charge is -2.53. The number of β-lactam (4-membered cyclic amide) rings is 1. The second kappa shape index (κ2) is 24.4. The molecule has 8 aromatic rings. The van der Waals surface area contributed by atoms with Crippen LogP contribution in [0.25, 0.3) is 0 Å². The van der Waals surface area contributed by atoms with Crippen molar-refractivity contribution in [2.75, 3.05) is 45.4 Å². The summed E-state index contributed by atoms with van der Waals surface area (Å²) >= 11 is 2.63. The minimum Gasteiger partial charge on any atom is -0.497 e. The fourth-order valence-electron chi connectivity index (χ4n) is 10.0. The number of hydrogen-bond donors (Lipinski definition) is 2. The number of rotatable bonds is 20. The van der Waals surface area contributed by atoms with E-state index in [1.54, 1.807) is 67.9 Å². The summed E-state index contributed by atoms with van der Waals surface area (Å²) in [6, 6.07) is 65.6. The Morgan fingerprint density at radius 3 is 1.70 bits per heavy atom. The van der Waals surface area contributed by atoms with Crippen LogP contribution >= 0.6 is 23.1 Å². The van der Waals surface area contributed by atoms with E-state index in [-0.39, 0.29) is 36.9 Å². The summed E-state index contributed by atoms with van der Waals surface area (Å²) < 4.78 is 16.6. The van der Waals surface area contributed by atoms with E-state index < -0.39 is 51.8 Å². The van der Waals surface area contributed by atoms with Crippen LogP contribution in [0.2, 0.25) is 0 Å². The molecule has 0 radical (unpaired) electrons. The fraction of sp³-hybridized carbons (Fsp3) is 0.188. The second-order valence-electron chi connectivity index (χ2n) is 19.4. The van der Waals surface area contributed by atoms with Crippen LogP contribution in [0.1, 0.15) is 44.6 Å². The smallest absolute Gasteiger partial charge is 0.409 e. The third-order valence-corrected chi connectivity index (χ3v) is 16.4. The van der Waals surface area contributed by atoms with Gasteiger partial charge in [-0.25, -0.2) is 9.78 Å². The molecule has 0 saturated carbocycles. The van der Waals surface area contributed by atoms with Crippen LogP contribution in [0.5, 0.6) is 5.75 Å². The van der Waals surface area contributed by atoms with E-state index in [1.807, 2.05) is 146 Å². The molecule has 0 bridgehead atoms. The van der Waals surface area contributed by atoms with E-state index in [4.69, 9.17) is 29.2 Å². The summed E-state index contributed by atoms with van der Waals surface area (Å²) in [6.07, 6.45) is 2.68. The molecule has 2 aliphatic rings. The molecule has 80 heavy (non-hydrogen) atoms. The van der Waals surface area contributed by atoms with Crippen molar-refractivity contribution in [1.82, 2.24) is 20.1 Å². The van der Waals surface area contributed by atoms with Gasteiger partial charge in [-0.15, -0.1) is 23.1 Å². The molecule has 1 aromatic heterocycles. The zero-order valence-electron chi connectivity index (χ0n) is 44.2. The van der Waals surface area contributed by atoms with E-state index in [0.29, 0.717) is 10.9 Å². The maximum atomic E-state index is 15.3. The quantitative estimate of drug-likeness (QED) is 0.0187. The zero-order chi connectivity index (χ0) is 55.5. The largest absolute Gasteiger partial charge is 0.497 e. The number of anilines is 1. The molecule has 2 N–H and O–H groups in total. The summed E-state index contributed by atoms with van der Waals surface area (Å²) in [6.45, 7) is -0.200. The van der Waals surface area contributed by atoms with Crippen molar-refractivity contribution in [1.29, 1.82) is 0 Å². The normalized spacial score (nSPS) is 17.1. The minimum atomic E-state index is -1.37. The van der Waals surface area contributed by atoms with Gasteiger partial charge in [-0.2, -0.15) is 0 Å². The third-order valence-electron chi connectivity index (χ3n) is 14.1. The van der Waals surface area contributed by atoms with Crippen LogP contribution in [0.3, 0.4) is 0 Å². The van der Waals surface area contributed by atoms with E-state index in [2.05, 4.69) is 47.0 Å². The number of oxime groups is 1. The lowest BCUT2D eigenvalue weighted by molar-refractivity contribution is -0.160. The first-order valence-electron chi connectivity index (χ1n) is 25.9. The van der Waals surface area contributed by atoms with Crippen LogP contribution < -0.4 is 15.4 Å². The van der Waals surface area contributed by atoms with Gasteiger partial charge in [0.25, 0.3) is 5.91 Å². The lowest BCUT2D eigenvalue weighted by Crippen LogP contribution is -2.74. The van der Waals surface area contributed by atoms with Gasteiger partial charge in [-0.3, -0.25) is 14.4 Å². The van der Waals surface area contributed by atoms with E-state index in [9.17, 15) is 14.4 Å². The Kier molecular flexibility index (Phi) is 16.6. The highest BCUT2D eigenvalue weighted by Gasteiger charge is 2.57. The highest BCUT2D eigenvalue weighted by molar-refractivity contribution is 8.00. The van der Waals surface area contributed by atoms with Crippen molar-refractivity contribution < 1.29 is 38.2 Å². The van der Waals surface area contributed by atoms with E-state index in [0.717, 1.165) is 38.9 Å². The first kappa shape index (κ1) is 54.4. The van der Waals surface area contributed by atoms with E-state index >= 15 is 4.79 Å². The van der Waals surface area contributed by atoms with Gasteiger partial charge in [0.05, 0.1) is 7.11 Å². The number of ether oxygens (including phenoxy) is 3. The Hall–Kier alpha value is -8.99. The Labute approximate surface area is 473 Å². The van der Waals surface area contributed by atoms with Crippen LogP contribution in [0.4, 0.5) is 9.93 Å². The second-order valence-corrected chi connectivity index (χ2v) is 21.4. The Balaban J connectivity index is 1.00. The van der Waals surface area contributed by atoms with E-state index in [1.165, 1.54) is 28.0 Å². The van der Waals surface area contributed by atoms with Gasteiger partial charge in [-0.1, -0.05) is 205 Å². The number of thioether (sulfide) groups is 1. The number of esters is 1. The molecule has 0 spiro atoms. The fourth-order valence-corrected chi connectivity index (χ4v) is 12.3. The number of aromatic nitrogens is 1. The average molecular weight is 1100 g/mol. The molecule has 7 aromatic carbocycles. The van der Waals surface area contributed by atoms with Gasteiger partial charge in [0.1, 0.15) is 47.0 Å². The number of amides is 3. The number of benzene rings is 7. The number of thiazole rings is 1. The lowest BCUT2D eigenvalue weighted by atomic mass is 9.77. The van der Waals surface area contributed by atoms with Gasteiger partial charge in [0.2, 0.25) is 11.5 Å².